The highest BCUT2D eigenvalue weighted by molar-refractivity contribution is 5.45. The lowest BCUT2D eigenvalue weighted by Crippen LogP contribution is -2.23. The zero-order valence-electron chi connectivity index (χ0n) is 12.9. The van der Waals surface area contributed by atoms with Crippen molar-refractivity contribution in [2.45, 2.75) is 13.5 Å². The van der Waals surface area contributed by atoms with Crippen molar-refractivity contribution >= 4 is 5.82 Å². The molecule has 6 heteroatoms. The fraction of sp³-hybridized carbons (Fsp3) is 0.312. The lowest BCUT2D eigenvalue weighted by Gasteiger charge is -2.22. The summed E-state index contributed by atoms with van der Waals surface area (Å²) in [6.45, 7) is 3.48. The van der Waals surface area contributed by atoms with Gasteiger partial charge in [0.05, 0.1) is 14.2 Å². The SMILES string of the molecule is CCN(Cc1ccc(OC)c(OC)c1)c1ccc(C#N)nn1. The summed E-state index contributed by atoms with van der Waals surface area (Å²) in [5.41, 5.74) is 1.39. The van der Waals surface area contributed by atoms with Gasteiger partial charge < -0.3 is 14.4 Å². The summed E-state index contributed by atoms with van der Waals surface area (Å²) < 4.78 is 10.6. The summed E-state index contributed by atoms with van der Waals surface area (Å²) in [5.74, 6) is 2.13. The highest BCUT2D eigenvalue weighted by Gasteiger charge is 2.10. The van der Waals surface area contributed by atoms with Crippen molar-refractivity contribution in [1.29, 1.82) is 5.26 Å². The molecule has 0 bridgehead atoms. The molecule has 0 unspecified atom stereocenters. The van der Waals surface area contributed by atoms with Gasteiger partial charge >= 0.3 is 0 Å². The van der Waals surface area contributed by atoms with Crippen LogP contribution in [0.25, 0.3) is 0 Å². The molecule has 0 radical (unpaired) electrons. The van der Waals surface area contributed by atoms with Crippen molar-refractivity contribution in [2.24, 2.45) is 0 Å². The van der Waals surface area contributed by atoms with E-state index in [4.69, 9.17) is 14.7 Å². The highest BCUT2D eigenvalue weighted by Crippen LogP contribution is 2.28. The molecule has 2 aromatic rings. The predicted octanol–water partition coefficient (Wildman–Crippen LogP) is 2.39. The normalized spacial score (nSPS) is 9.91. The van der Waals surface area contributed by atoms with E-state index in [9.17, 15) is 0 Å². The number of nitriles is 1. The number of benzene rings is 1. The minimum atomic E-state index is 0.311. The second kappa shape index (κ2) is 7.27. The van der Waals surface area contributed by atoms with Crippen LogP contribution in [0.2, 0.25) is 0 Å². The molecular weight excluding hydrogens is 280 g/mol. The monoisotopic (exact) mass is 298 g/mol. The van der Waals surface area contributed by atoms with E-state index in [0.717, 1.165) is 17.9 Å². The maximum Gasteiger partial charge on any atom is 0.163 e. The average Bonchev–Trinajstić information content (AvgIpc) is 2.59. The Labute approximate surface area is 129 Å². The Morgan fingerprint density at radius 2 is 1.86 bits per heavy atom. The first-order valence-electron chi connectivity index (χ1n) is 6.91. The molecule has 6 nitrogen and oxygen atoms in total. The van der Waals surface area contributed by atoms with Gasteiger partial charge in [-0.2, -0.15) is 5.26 Å². The zero-order chi connectivity index (χ0) is 15.9. The minimum Gasteiger partial charge on any atom is -0.493 e. The summed E-state index contributed by atoms with van der Waals surface area (Å²) in [7, 11) is 3.23. The van der Waals surface area contributed by atoms with Crippen LogP contribution in [0.3, 0.4) is 0 Å². The molecule has 0 saturated heterocycles. The van der Waals surface area contributed by atoms with Gasteiger partial charge in [-0.3, -0.25) is 0 Å². The number of hydrogen-bond donors (Lipinski definition) is 0. The molecule has 1 aromatic heterocycles. The fourth-order valence-electron chi connectivity index (χ4n) is 2.11. The summed E-state index contributed by atoms with van der Waals surface area (Å²) >= 11 is 0. The van der Waals surface area contributed by atoms with Crippen molar-refractivity contribution < 1.29 is 9.47 Å². The van der Waals surface area contributed by atoms with E-state index in [1.807, 2.05) is 31.2 Å². The Morgan fingerprint density at radius 3 is 2.41 bits per heavy atom. The van der Waals surface area contributed by atoms with E-state index in [2.05, 4.69) is 15.1 Å². The third-order valence-corrected chi connectivity index (χ3v) is 3.29. The summed E-state index contributed by atoms with van der Waals surface area (Å²) in [4.78, 5) is 2.06. The van der Waals surface area contributed by atoms with Crippen molar-refractivity contribution in [1.82, 2.24) is 10.2 Å². The molecule has 0 aliphatic rings. The Kier molecular flexibility index (Phi) is 5.15. The lowest BCUT2D eigenvalue weighted by atomic mass is 10.2. The van der Waals surface area contributed by atoms with Gasteiger partial charge in [-0.05, 0) is 36.8 Å². The van der Waals surface area contributed by atoms with E-state index in [1.54, 1.807) is 26.4 Å². The number of rotatable bonds is 6. The van der Waals surface area contributed by atoms with Crippen LogP contribution in [0.5, 0.6) is 11.5 Å². The van der Waals surface area contributed by atoms with Gasteiger partial charge in [0.2, 0.25) is 0 Å². The largest absolute Gasteiger partial charge is 0.493 e. The van der Waals surface area contributed by atoms with Crippen LogP contribution in [0.15, 0.2) is 30.3 Å². The third kappa shape index (κ3) is 3.44. The lowest BCUT2D eigenvalue weighted by molar-refractivity contribution is 0.354. The molecule has 22 heavy (non-hydrogen) atoms. The number of anilines is 1. The summed E-state index contributed by atoms with van der Waals surface area (Å²) in [6, 6.07) is 11.2. The number of nitrogens with zero attached hydrogens (tertiary/aromatic N) is 4. The number of ether oxygens (including phenoxy) is 2. The molecule has 1 aromatic carbocycles. The van der Waals surface area contributed by atoms with Crippen LogP contribution in [-0.4, -0.2) is 31.0 Å². The Morgan fingerprint density at radius 1 is 1.09 bits per heavy atom. The Bertz CT molecular complexity index is 665. The van der Waals surface area contributed by atoms with Gasteiger partial charge in [-0.15, -0.1) is 10.2 Å². The molecule has 2 rings (SSSR count). The molecule has 0 saturated carbocycles. The maximum absolute atomic E-state index is 8.77. The molecule has 0 atom stereocenters. The molecule has 0 spiro atoms. The summed E-state index contributed by atoms with van der Waals surface area (Å²) in [6.07, 6.45) is 0. The predicted molar refractivity (Wildman–Crippen MR) is 83.0 cm³/mol. The molecular formula is C16H18N4O2. The van der Waals surface area contributed by atoms with E-state index < -0.39 is 0 Å². The van der Waals surface area contributed by atoms with Crippen LogP contribution < -0.4 is 14.4 Å². The minimum absolute atomic E-state index is 0.311. The van der Waals surface area contributed by atoms with Crippen molar-refractivity contribution in [3.05, 3.63) is 41.6 Å². The van der Waals surface area contributed by atoms with Crippen LogP contribution in [-0.2, 0) is 6.54 Å². The maximum atomic E-state index is 8.77. The second-order valence-electron chi connectivity index (χ2n) is 4.59. The van der Waals surface area contributed by atoms with Gasteiger partial charge in [0.25, 0.3) is 0 Å². The molecule has 0 aliphatic carbocycles. The molecule has 1 heterocycles. The highest BCUT2D eigenvalue weighted by atomic mass is 16.5. The first-order valence-corrected chi connectivity index (χ1v) is 6.91. The first kappa shape index (κ1) is 15.6. The zero-order valence-corrected chi connectivity index (χ0v) is 12.9. The van der Waals surface area contributed by atoms with Gasteiger partial charge in [0, 0.05) is 13.1 Å². The molecule has 0 amide bonds. The number of methoxy groups -OCH3 is 2. The van der Waals surface area contributed by atoms with E-state index >= 15 is 0 Å². The average molecular weight is 298 g/mol. The van der Waals surface area contributed by atoms with Crippen LogP contribution in [0.4, 0.5) is 5.82 Å². The molecule has 0 aliphatic heterocycles. The topological polar surface area (TPSA) is 71.3 Å². The van der Waals surface area contributed by atoms with Crippen molar-refractivity contribution in [2.75, 3.05) is 25.7 Å². The van der Waals surface area contributed by atoms with Crippen LogP contribution in [0.1, 0.15) is 18.2 Å². The standard InChI is InChI=1S/C16H18N4O2/c1-4-20(16-8-6-13(10-17)18-19-16)11-12-5-7-14(21-2)15(9-12)22-3/h5-9H,4,11H2,1-3H3. The van der Waals surface area contributed by atoms with Crippen LogP contribution in [0, 0.1) is 11.3 Å². The van der Waals surface area contributed by atoms with Gasteiger partial charge in [-0.1, -0.05) is 6.07 Å². The van der Waals surface area contributed by atoms with Gasteiger partial charge in [-0.25, -0.2) is 0 Å². The number of aromatic nitrogens is 2. The summed E-state index contributed by atoms with van der Waals surface area (Å²) in [5, 5.41) is 16.7. The fourth-order valence-corrected chi connectivity index (χ4v) is 2.11. The first-order chi connectivity index (χ1) is 10.7. The van der Waals surface area contributed by atoms with Crippen molar-refractivity contribution in [3.63, 3.8) is 0 Å². The number of hydrogen-bond acceptors (Lipinski definition) is 6. The van der Waals surface area contributed by atoms with E-state index in [-0.39, 0.29) is 0 Å². The van der Waals surface area contributed by atoms with E-state index in [0.29, 0.717) is 23.7 Å². The molecule has 0 N–H and O–H groups in total. The molecule has 114 valence electrons. The van der Waals surface area contributed by atoms with Crippen LogP contribution >= 0.6 is 0 Å². The third-order valence-electron chi connectivity index (χ3n) is 3.29. The van der Waals surface area contributed by atoms with Gasteiger partial charge in [0.1, 0.15) is 6.07 Å². The van der Waals surface area contributed by atoms with Crippen molar-refractivity contribution in [3.8, 4) is 17.6 Å². The quantitative estimate of drug-likeness (QED) is 0.815. The van der Waals surface area contributed by atoms with Gasteiger partial charge in [0.15, 0.2) is 23.0 Å². The Balaban J connectivity index is 2.20. The van der Waals surface area contributed by atoms with E-state index in [1.165, 1.54) is 0 Å². The second-order valence-corrected chi connectivity index (χ2v) is 4.59. The Hall–Kier alpha value is -2.81. The smallest absolute Gasteiger partial charge is 0.163 e. The molecule has 0 fully saturated rings.